The molecule has 34 heavy (non-hydrogen) atoms. The van der Waals surface area contributed by atoms with Crippen LogP contribution in [0.25, 0.3) is 10.9 Å². The zero-order valence-corrected chi connectivity index (χ0v) is 20.4. The summed E-state index contributed by atoms with van der Waals surface area (Å²) in [6, 6.07) is 5.42. The van der Waals surface area contributed by atoms with Gasteiger partial charge in [0, 0.05) is 49.2 Å². The van der Waals surface area contributed by atoms with Crippen molar-refractivity contribution in [3.63, 3.8) is 0 Å². The number of esters is 1. The van der Waals surface area contributed by atoms with Gasteiger partial charge in [-0.1, -0.05) is 24.6 Å². The number of amides is 2. The van der Waals surface area contributed by atoms with Crippen molar-refractivity contribution < 1.29 is 23.9 Å². The molecule has 9 heteroatoms. The van der Waals surface area contributed by atoms with Crippen LogP contribution in [0.15, 0.2) is 18.2 Å². The molecule has 0 N–H and O–H groups in total. The zero-order valence-electron chi connectivity index (χ0n) is 19.6. The predicted octanol–water partition coefficient (Wildman–Crippen LogP) is 3.86. The molecule has 2 aromatic rings. The van der Waals surface area contributed by atoms with Crippen LogP contribution in [-0.2, 0) is 27.1 Å². The molecule has 4 rings (SSSR count). The number of pyridine rings is 1. The largest absolute Gasteiger partial charge is 0.469 e. The van der Waals surface area contributed by atoms with Crippen molar-refractivity contribution in [2.45, 2.75) is 39.0 Å². The highest BCUT2D eigenvalue weighted by Gasteiger charge is 2.28. The molecule has 2 aliphatic rings. The third-order valence-electron chi connectivity index (χ3n) is 6.57. The van der Waals surface area contributed by atoms with Gasteiger partial charge in [-0.15, -0.1) is 0 Å². The number of hydrogen-bond donors (Lipinski definition) is 0. The predicted molar refractivity (Wildman–Crippen MR) is 128 cm³/mol. The summed E-state index contributed by atoms with van der Waals surface area (Å²) in [4.78, 5) is 45.1. The van der Waals surface area contributed by atoms with Crippen molar-refractivity contribution in [3.8, 4) is 0 Å². The highest BCUT2D eigenvalue weighted by atomic mass is 35.5. The maximum atomic E-state index is 13.1. The van der Waals surface area contributed by atoms with E-state index in [4.69, 9.17) is 26.1 Å². The standard InChI is InChI=1S/C25H30ClN3O5/c1-3-12-34-25(32)29-10-8-28(9-11-29)24(31)17-5-6-18-21(15-17)27-20-7-4-16(14-22(30)33-2)13-19(20)23(18)26/h5-6,15-16H,3-4,7-14H2,1-2H3. The first-order valence-electron chi connectivity index (χ1n) is 11.8. The molecule has 182 valence electrons. The smallest absolute Gasteiger partial charge is 0.409 e. The molecular formula is C25H30ClN3O5. The number of nitrogens with zero attached hydrogens (tertiary/aromatic N) is 3. The van der Waals surface area contributed by atoms with Crippen LogP contribution in [0.4, 0.5) is 4.79 Å². The highest BCUT2D eigenvalue weighted by Crippen LogP contribution is 2.36. The SMILES string of the molecule is CCCOC(=O)N1CCN(C(=O)c2ccc3c(Cl)c4c(nc3c2)CCC(CC(=O)OC)C4)CC1. The Morgan fingerprint density at radius 1 is 1.15 bits per heavy atom. The number of rotatable bonds is 5. The monoisotopic (exact) mass is 487 g/mol. The number of aryl methyl sites for hydroxylation is 1. The molecule has 1 aromatic carbocycles. The molecule has 1 aromatic heterocycles. The van der Waals surface area contributed by atoms with Crippen molar-refractivity contribution in [2.24, 2.45) is 5.92 Å². The van der Waals surface area contributed by atoms with E-state index in [1.807, 2.05) is 13.0 Å². The second-order valence-electron chi connectivity index (χ2n) is 8.87. The van der Waals surface area contributed by atoms with Crippen molar-refractivity contribution >= 4 is 40.5 Å². The Morgan fingerprint density at radius 2 is 1.88 bits per heavy atom. The molecule has 0 spiro atoms. The van der Waals surface area contributed by atoms with Gasteiger partial charge in [0.05, 0.1) is 24.3 Å². The third kappa shape index (κ3) is 5.12. The van der Waals surface area contributed by atoms with Crippen molar-refractivity contribution in [1.29, 1.82) is 0 Å². The number of ether oxygens (including phenoxy) is 2. The molecule has 1 unspecified atom stereocenters. The van der Waals surface area contributed by atoms with Gasteiger partial charge in [-0.3, -0.25) is 14.6 Å². The van der Waals surface area contributed by atoms with Gasteiger partial charge in [0.2, 0.25) is 0 Å². The van der Waals surface area contributed by atoms with Gasteiger partial charge in [0.25, 0.3) is 5.91 Å². The highest BCUT2D eigenvalue weighted by molar-refractivity contribution is 6.36. The van der Waals surface area contributed by atoms with Crippen molar-refractivity contribution in [3.05, 3.63) is 40.0 Å². The fourth-order valence-electron chi connectivity index (χ4n) is 4.64. The van der Waals surface area contributed by atoms with Crippen LogP contribution in [-0.4, -0.2) is 72.6 Å². The summed E-state index contributed by atoms with van der Waals surface area (Å²) in [7, 11) is 1.40. The lowest BCUT2D eigenvalue weighted by Gasteiger charge is -2.34. The molecule has 2 amide bonds. The molecule has 2 heterocycles. The number of carbonyl (C=O) groups is 3. The molecule has 1 aliphatic heterocycles. The minimum absolute atomic E-state index is 0.0859. The molecule has 0 saturated carbocycles. The third-order valence-corrected chi connectivity index (χ3v) is 7.00. The molecule has 0 bridgehead atoms. The quantitative estimate of drug-likeness (QED) is 0.595. The topological polar surface area (TPSA) is 89.0 Å². The summed E-state index contributed by atoms with van der Waals surface area (Å²) in [5.41, 5.74) is 3.17. The van der Waals surface area contributed by atoms with E-state index >= 15 is 0 Å². The molecule has 1 fully saturated rings. The lowest BCUT2D eigenvalue weighted by molar-refractivity contribution is -0.141. The second kappa shape index (κ2) is 10.6. The number of fused-ring (bicyclic) bond motifs is 2. The van der Waals surface area contributed by atoms with Gasteiger partial charge in [-0.05, 0) is 49.3 Å². The van der Waals surface area contributed by atoms with E-state index in [1.165, 1.54) is 7.11 Å². The first kappa shape index (κ1) is 24.3. The van der Waals surface area contributed by atoms with E-state index in [2.05, 4.69) is 0 Å². The summed E-state index contributed by atoms with van der Waals surface area (Å²) in [6.07, 6.45) is 3.11. The zero-order chi connectivity index (χ0) is 24.2. The van der Waals surface area contributed by atoms with E-state index < -0.39 is 0 Å². The van der Waals surface area contributed by atoms with E-state index in [9.17, 15) is 14.4 Å². The Bertz CT molecular complexity index is 1100. The van der Waals surface area contributed by atoms with Crippen LogP contribution in [0, 0.1) is 5.92 Å². The van der Waals surface area contributed by atoms with Gasteiger partial charge in [-0.2, -0.15) is 0 Å². The lowest BCUT2D eigenvalue weighted by Crippen LogP contribution is -2.50. The van der Waals surface area contributed by atoms with Crippen LogP contribution in [0.5, 0.6) is 0 Å². The minimum Gasteiger partial charge on any atom is -0.469 e. The average Bonchev–Trinajstić information content (AvgIpc) is 2.87. The number of methoxy groups -OCH3 is 1. The van der Waals surface area contributed by atoms with Crippen LogP contribution < -0.4 is 0 Å². The molecule has 1 saturated heterocycles. The Kier molecular flexibility index (Phi) is 7.56. The molecular weight excluding hydrogens is 458 g/mol. The maximum Gasteiger partial charge on any atom is 0.409 e. The Balaban J connectivity index is 1.47. The number of halogens is 1. The molecule has 1 aliphatic carbocycles. The minimum atomic E-state index is -0.322. The van der Waals surface area contributed by atoms with Gasteiger partial charge in [0.15, 0.2) is 0 Å². The molecule has 0 radical (unpaired) electrons. The number of hydrogen-bond acceptors (Lipinski definition) is 6. The summed E-state index contributed by atoms with van der Waals surface area (Å²) in [6.45, 7) is 4.17. The Morgan fingerprint density at radius 3 is 2.59 bits per heavy atom. The molecule has 8 nitrogen and oxygen atoms in total. The fourth-order valence-corrected chi connectivity index (χ4v) is 4.99. The van der Waals surface area contributed by atoms with Crippen LogP contribution >= 0.6 is 11.6 Å². The van der Waals surface area contributed by atoms with E-state index in [0.29, 0.717) is 61.7 Å². The van der Waals surface area contributed by atoms with E-state index in [0.717, 1.165) is 35.9 Å². The number of piperazine rings is 1. The van der Waals surface area contributed by atoms with Crippen LogP contribution in [0.2, 0.25) is 5.02 Å². The second-order valence-corrected chi connectivity index (χ2v) is 9.24. The fraction of sp³-hybridized carbons (Fsp3) is 0.520. The van der Waals surface area contributed by atoms with Crippen molar-refractivity contribution in [2.75, 3.05) is 39.9 Å². The average molecular weight is 488 g/mol. The first-order chi connectivity index (χ1) is 16.4. The number of aromatic nitrogens is 1. The summed E-state index contributed by atoms with van der Waals surface area (Å²) < 4.78 is 10.00. The van der Waals surface area contributed by atoms with Crippen LogP contribution in [0.3, 0.4) is 0 Å². The van der Waals surface area contributed by atoms with Crippen molar-refractivity contribution in [1.82, 2.24) is 14.8 Å². The van der Waals surface area contributed by atoms with E-state index in [-0.39, 0.29) is 23.9 Å². The normalized spacial score (nSPS) is 17.9. The summed E-state index contributed by atoms with van der Waals surface area (Å²) in [5, 5.41) is 1.45. The maximum absolute atomic E-state index is 13.1. The first-order valence-corrected chi connectivity index (χ1v) is 12.2. The Labute approximate surface area is 204 Å². The molecule has 1 atom stereocenters. The number of carbonyl (C=O) groups excluding carboxylic acids is 3. The summed E-state index contributed by atoms with van der Waals surface area (Å²) in [5.74, 6) is -0.104. The van der Waals surface area contributed by atoms with Gasteiger partial charge < -0.3 is 19.3 Å². The van der Waals surface area contributed by atoms with Gasteiger partial charge >= 0.3 is 12.1 Å². The van der Waals surface area contributed by atoms with Crippen LogP contribution in [0.1, 0.15) is 47.8 Å². The number of benzene rings is 1. The lowest BCUT2D eigenvalue weighted by atomic mass is 9.84. The van der Waals surface area contributed by atoms with E-state index in [1.54, 1.807) is 21.9 Å². The van der Waals surface area contributed by atoms with Gasteiger partial charge in [-0.25, -0.2) is 4.79 Å². The van der Waals surface area contributed by atoms with Gasteiger partial charge in [0.1, 0.15) is 0 Å². The Hall–Kier alpha value is -2.87. The summed E-state index contributed by atoms with van der Waals surface area (Å²) >= 11 is 6.76.